The second kappa shape index (κ2) is 15.0. The number of para-hydroxylation sites is 2. The molecule has 0 aliphatic rings. The van der Waals surface area contributed by atoms with E-state index in [-0.39, 0.29) is 0 Å². The molecule has 0 spiro atoms. The predicted octanol–water partition coefficient (Wildman–Crippen LogP) is 16.5. The van der Waals surface area contributed by atoms with Crippen molar-refractivity contribution in [2.24, 2.45) is 0 Å². The topological polar surface area (TPSA) is 30.7 Å². The minimum atomic E-state index is 0.689. The highest BCUT2D eigenvalue weighted by Crippen LogP contribution is 2.48. The van der Waals surface area contributed by atoms with Crippen LogP contribution in [-0.2, 0) is 0 Å². The molecular weight excluding hydrogens is 787 g/mol. The van der Waals surface area contributed by atoms with Crippen LogP contribution >= 0.6 is 0 Å². The number of fused-ring (bicyclic) bond motifs is 8. The van der Waals surface area contributed by atoms with Gasteiger partial charge in [0, 0.05) is 33.2 Å². The molecule has 0 saturated carbocycles. The van der Waals surface area contributed by atoms with E-state index in [2.05, 4.69) is 235 Å². The molecule has 0 atom stereocenters. The number of aromatic nitrogens is 3. The molecule has 302 valence electrons. The van der Waals surface area contributed by atoms with Crippen LogP contribution in [0.2, 0.25) is 0 Å². The zero-order valence-corrected chi connectivity index (χ0v) is 35.4. The maximum absolute atomic E-state index is 5.37. The van der Waals surface area contributed by atoms with Crippen molar-refractivity contribution < 1.29 is 0 Å². The molecule has 11 aromatic carbocycles. The second-order valence-electron chi connectivity index (χ2n) is 16.8. The van der Waals surface area contributed by atoms with Crippen LogP contribution in [0, 0.1) is 0 Å². The normalized spacial score (nSPS) is 11.7. The zero-order chi connectivity index (χ0) is 42.8. The summed E-state index contributed by atoms with van der Waals surface area (Å²) in [6.45, 7) is 0. The molecular formula is C62H39N3. The van der Waals surface area contributed by atoms with Gasteiger partial charge in [-0.15, -0.1) is 0 Å². The third-order valence-electron chi connectivity index (χ3n) is 13.2. The average Bonchev–Trinajstić information content (AvgIpc) is 3.72. The van der Waals surface area contributed by atoms with Crippen LogP contribution in [0.4, 0.5) is 0 Å². The highest BCUT2D eigenvalue weighted by atomic mass is 15.0. The summed E-state index contributed by atoms with van der Waals surface area (Å²) in [6.07, 6.45) is 0. The van der Waals surface area contributed by atoms with Crippen LogP contribution in [-0.4, -0.2) is 14.5 Å². The van der Waals surface area contributed by atoms with Gasteiger partial charge in [-0.1, -0.05) is 206 Å². The molecule has 0 unspecified atom stereocenters. The molecule has 13 rings (SSSR count). The molecule has 65 heavy (non-hydrogen) atoms. The highest BCUT2D eigenvalue weighted by Gasteiger charge is 2.22. The number of nitrogens with zero attached hydrogens (tertiary/aromatic N) is 3. The quantitative estimate of drug-likeness (QED) is 0.123. The van der Waals surface area contributed by atoms with Crippen molar-refractivity contribution in [2.75, 3.05) is 0 Å². The molecule has 0 bridgehead atoms. The summed E-state index contributed by atoms with van der Waals surface area (Å²) in [6, 6.07) is 85.2. The van der Waals surface area contributed by atoms with Crippen LogP contribution in [0.5, 0.6) is 0 Å². The fraction of sp³-hybridized carbons (Fsp3) is 0. The molecule has 0 aliphatic carbocycles. The van der Waals surface area contributed by atoms with Gasteiger partial charge >= 0.3 is 0 Å². The predicted molar refractivity (Wildman–Crippen MR) is 274 cm³/mol. The molecule has 0 aliphatic heterocycles. The number of benzene rings is 11. The zero-order valence-electron chi connectivity index (χ0n) is 35.4. The number of hydrogen-bond acceptors (Lipinski definition) is 2. The third kappa shape index (κ3) is 5.97. The van der Waals surface area contributed by atoms with Crippen molar-refractivity contribution in [3.63, 3.8) is 0 Å². The molecule has 2 aromatic heterocycles. The minimum absolute atomic E-state index is 0.689. The summed E-state index contributed by atoms with van der Waals surface area (Å²) in [5, 5.41) is 12.2. The van der Waals surface area contributed by atoms with E-state index in [4.69, 9.17) is 9.97 Å². The largest absolute Gasteiger partial charge is 0.309 e. The van der Waals surface area contributed by atoms with Crippen molar-refractivity contribution in [1.82, 2.24) is 14.5 Å². The minimum Gasteiger partial charge on any atom is -0.309 e. The van der Waals surface area contributed by atoms with Gasteiger partial charge in [-0.3, -0.25) is 0 Å². The second-order valence-corrected chi connectivity index (χ2v) is 16.8. The molecule has 13 aromatic rings. The third-order valence-corrected chi connectivity index (χ3v) is 13.2. The Labute approximate surface area is 376 Å². The molecule has 3 heteroatoms. The van der Waals surface area contributed by atoms with Gasteiger partial charge in [0.05, 0.1) is 22.4 Å². The van der Waals surface area contributed by atoms with Crippen LogP contribution in [0.15, 0.2) is 237 Å². The van der Waals surface area contributed by atoms with Crippen molar-refractivity contribution in [3.05, 3.63) is 237 Å². The smallest absolute Gasteiger partial charge is 0.160 e. The number of rotatable bonds is 6. The van der Waals surface area contributed by atoms with Gasteiger partial charge in [0.15, 0.2) is 5.82 Å². The summed E-state index contributed by atoms with van der Waals surface area (Å²) in [7, 11) is 0. The molecule has 0 fully saturated rings. The van der Waals surface area contributed by atoms with Gasteiger partial charge < -0.3 is 4.57 Å². The number of hydrogen-bond donors (Lipinski definition) is 0. The Morgan fingerprint density at radius 3 is 1.52 bits per heavy atom. The van der Waals surface area contributed by atoms with Gasteiger partial charge in [0.2, 0.25) is 0 Å². The Morgan fingerprint density at radius 1 is 0.292 bits per heavy atom. The lowest BCUT2D eigenvalue weighted by atomic mass is 9.82. The SMILES string of the molecule is c1ccc(-c2nc(-c3cccc(-n4c5ccccc5c5ccccc54)c3)cc(-c3ccc(-c4c5ccccc5c(-c5ccccc5)c5c4ccc4ccccc45)c4ccccc34)n2)cc1. The van der Waals surface area contributed by atoms with Crippen molar-refractivity contribution in [2.45, 2.75) is 0 Å². The molecule has 0 N–H and O–H groups in total. The fourth-order valence-electron chi connectivity index (χ4n) is 10.3. The van der Waals surface area contributed by atoms with Gasteiger partial charge in [-0.05, 0) is 95.7 Å². The maximum atomic E-state index is 5.37. The summed E-state index contributed by atoms with van der Waals surface area (Å²) >= 11 is 0. The van der Waals surface area contributed by atoms with Crippen molar-refractivity contribution in [1.29, 1.82) is 0 Å². The molecule has 3 nitrogen and oxygen atoms in total. The summed E-state index contributed by atoms with van der Waals surface area (Å²) < 4.78 is 2.36. The molecule has 0 radical (unpaired) electrons. The van der Waals surface area contributed by atoms with Crippen molar-refractivity contribution in [3.8, 4) is 61.8 Å². The van der Waals surface area contributed by atoms with E-state index in [0.717, 1.165) is 39.2 Å². The van der Waals surface area contributed by atoms with Crippen LogP contribution < -0.4 is 0 Å². The van der Waals surface area contributed by atoms with E-state index in [1.807, 2.05) is 6.07 Å². The first kappa shape index (κ1) is 36.9. The van der Waals surface area contributed by atoms with Crippen LogP contribution in [0.25, 0.3) is 127 Å². The van der Waals surface area contributed by atoms with E-state index >= 15 is 0 Å². The van der Waals surface area contributed by atoms with E-state index in [0.29, 0.717) is 5.82 Å². The van der Waals surface area contributed by atoms with Crippen LogP contribution in [0.1, 0.15) is 0 Å². The van der Waals surface area contributed by atoms with Crippen molar-refractivity contribution >= 4 is 64.9 Å². The summed E-state index contributed by atoms with van der Waals surface area (Å²) in [4.78, 5) is 10.7. The van der Waals surface area contributed by atoms with Gasteiger partial charge in [-0.25, -0.2) is 9.97 Å². The average molecular weight is 826 g/mol. The maximum Gasteiger partial charge on any atom is 0.160 e. The lowest BCUT2D eigenvalue weighted by molar-refractivity contribution is 1.16. The lowest BCUT2D eigenvalue weighted by Gasteiger charge is -2.21. The Bertz CT molecular complexity index is 3940. The summed E-state index contributed by atoms with van der Waals surface area (Å²) in [5.41, 5.74) is 13.1. The standard InChI is InChI=1S/C62H39N3/c1-3-19-41(20-4-1)59-51-30-11-12-31-52(51)60(54-35-34-40-18-7-8-25-45(40)61(54)59)53-37-36-48(46-26-9-10-27-47(46)53)56-39-55(63-62(64-56)42-21-5-2-6-22-42)43-23-17-24-44(38-43)65-57-32-15-13-28-49(57)50-29-14-16-33-58(50)65/h1-39H. The summed E-state index contributed by atoms with van der Waals surface area (Å²) in [5.74, 6) is 0.689. The molecule has 0 amide bonds. The Kier molecular flexibility index (Phi) is 8.53. The van der Waals surface area contributed by atoms with Gasteiger partial charge in [0.25, 0.3) is 0 Å². The first-order valence-corrected chi connectivity index (χ1v) is 22.2. The Balaban J connectivity index is 1.04. The highest BCUT2D eigenvalue weighted by molar-refractivity contribution is 6.29. The lowest BCUT2D eigenvalue weighted by Crippen LogP contribution is -1.98. The first-order valence-electron chi connectivity index (χ1n) is 22.2. The monoisotopic (exact) mass is 825 g/mol. The van der Waals surface area contributed by atoms with E-state index < -0.39 is 0 Å². The van der Waals surface area contributed by atoms with Crippen LogP contribution in [0.3, 0.4) is 0 Å². The van der Waals surface area contributed by atoms with E-state index in [1.54, 1.807) is 0 Å². The van der Waals surface area contributed by atoms with Gasteiger partial charge in [-0.2, -0.15) is 0 Å². The van der Waals surface area contributed by atoms with Gasteiger partial charge in [0.1, 0.15) is 0 Å². The Hall–Kier alpha value is -8.66. The van der Waals surface area contributed by atoms with E-state index in [1.165, 1.54) is 81.8 Å². The Morgan fingerprint density at radius 2 is 0.815 bits per heavy atom. The molecule has 0 saturated heterocycles. The molecule has 2 heterocycles. The first-order chi connectivity index (χ1) is 32.3. The fourth-order valence-corrected chi connectivity index (χ4v) is 10.3. The van der Waals surface area contributed by atoms with E-state index in [9.17, 15) is 0 Å².